The molecule has 21 heavy (non-hydrogen) atoms. The molecule has 0 saturated heterocycles. The van der Waals surface area contributed by atoms with Gasteiger partial charge >= 0.3 is 5.97 Å². The first-order chi connectivity index (χ1) is 10.2. The summed E-state index contributed by atoms with van der Waals surface area (Å²) in [4.78, 5) is 27.9. The normalized spacial score (nSPS) is 11.5. The number of carbonyl (C=O) groups excluding carboxylic acids is 2. The third kappa shape index (κ3) is 4.14. The van der Waals surface area contributed by atoms with Gasteiger partial charge in [-0.05, 0) is 30.7 Å². The van der Waals surface area contributed by atoms with Gasteiger partial charge in [-0.15, -0.1) is 0 Å². The summed E-state index contributed by atoms with van der Waals surface area (Å²) in [6.07, 6.45) is 2.57. The Labute approximate surface area is 123 Å². The van der Waals surface area contributed by atoms with Crippen LogP contribution in [-0.2, 0) is 9.53 Å². The molecule has 1 amide bonds. The molecule has 108 valence electrons. The molecule has 1 unspecified atom stereocenters. The van der Waals surface area contributed by atoms with E-state index in [-0.39, 0.29) is 5.91 Å². The minimum absolute atomic E-state index is 0.342. The zero-order valence-corrected chi connectivity index (χ0v) is 11.7. The number of hydrogen-bond donors (Lipinski definition) is 1. The Morgan fingerprint density at radius 2 is 1.81 bits per heavy atom. The zero-order valence-electron chi connectivity index (χ0n) is 11.7. The summed E-state index contributed by atoms with van der Waals surface area (Å²) >= 11 is 0. The molecule has 0 fully saturated rings. The molecule has 1 atom stereocenters. The predicted molar refractivity (Wildman–Crippen MR) is 78.8 cm³/mol. The topological polar surface area (TPSA) is 68.3 Å². The standard InChI is InChI=1S/C16H16N2O3/c1-2-14(15(19)18-13-6-4-3-5-7-13)21-16(20)12-8-10-17-11-9-12/h3-11,14H,2H2,1H3,(H,18,19). The van der Waals surface area contributed by atoms with Crippen LogP contribution in [0.2, 0.25) is 0 Å². The first-order valence-electron chi connectivity index (χ1n) is 6.67. The van der Waals surface area contributed by atoms with E-state index in [9.17, 15) is 9.59 Å². The summed E-state index contributed by atoms with van der Waals surface area (Å²) in [6, 6.07) is 12.1. The van der Waals surface area contributed by atoms with Crippen LogP contribution in [-0.4, -0.2) is 23.0 Å². The highest BCUT2D eigenvalue weighted by molar-refractivity contribution is 5.97. The zero-order chi connectivity index (χ0) is 15.1. The number of carbonyl (C=O) groups is 2. The SMILES string of the molecule is CCC(OC(=O)c1ccncc1)C(=O)Nc1ccccc1. The van der Waals surface area contributed by atoms with E-state index in [1.807, 2.05) is 18.2 Å². The lowest BCUT2D eigenvalue weighted by atomic mass is 10.2. The minimum Gasteiger partial charge on any atom is -0.449 e. The Balaban J connectivity index is 1.99. The van der Waals surface area contributed by atoms with Crippen LogP contribution in [0.1, 0.15) is 23.7 Å². The van der Waals surface area contributed by atoms with Crippen molar-refractivity contribution in [2.24, 2.45) is 0 Å². The molecule has 1 heterocycles. The third-order valence-electron chi connectivity index (χ3n) is 2.87. The lowest BCUT2D eigenvalue weighted by Crippen LogP contribution is -2.32. The first-order valence-corrected chi connectivity index (χ1v) is 6.67. The van der Waals surface area contributed by atoms with Crippen molar-refractivity contribution in [2.75, 3.05) is 5.32 Å². The van der Waals surface area contributed by atoms with Crippen LogP contribution < -0.4 is 5.32 Å². The van der Waals surface area contributed by atoms with Crippen LogP contribution in [0.3, 0.4) is 0 Å². The van der Waals surface area contributed by atoms with Crippen LogP contribution >= 0.6 is 0 Å². The predicted octanol–water partition coefficient (Wildman–Crippen LogP) is 2.66. The van der Waals surface area contributed by atoms with Gasteiger partial charge in [-0.2, -0.15) is 0 Å². The van der Waals surface area contributed by atoms with Crippen molar-refractivity contribution in [1.29, 1.82) is 0 Å². The van der Waals surface area contributed by atoms with Crippen molar-refractivity contribution in [1.82, 2.24) is 4.98 Å². The summed E-state index contributed by atoms with van der Waals surface area (Å²) in [5, 5.41) is 2.72. The summed E-state index contributed by atoms with van der Waals surface area (Å²) < 4.78 is 5.24. The van der Waals surface area contributed by atoms with Crippen molar-refractivity contribution >= 4 is 17.6 Å². The lowest BCUT2D eigenvalue weighted by Gasteiger charge is -2.16. The monoisotopic (exact) mass is 284 g/mol. The smallest absolute Gasteiger partial charge is 0.339 e. The van der Waals surface area contributed by atoms with Gasteiger partial charge < -0.3 is 10.1 Å². The van der Waals surface area contributed by atoms with Crippen LogP contribution in [0.15, 0.2) is 54.9 Å². The Morgan fingerprint density at radius 3 is 2.43 bits per heavy atom. The quantitative estimate of drug-likeness (QED) is 0.857. The third-order valence-corrected chi connectivity index (χ3v) is 2.87. The van der Waals surface area contributed by atoms with Gasteiger partial charge in [0, 0.05) is 18.1 Å². The highest BCUT2D eigenvalue weighted by atomic mass is 16.5. The molecule has 5 nitrogen and oxygen atoms in total. The number of nitrogens with zero attached hydrogens (tertiary/aromatic N) is 1. The van der Waals surface area contributed by atoms with Crippen LogP contribution in [0.4, 0.5) is 5.69 Å². The maximum atomic E-state index is 12.1. The number of anilines is 1. The van der Waals surface area contributed by atoms with E-state index in [0.717, 1.165) is 0 Å². The van der Waals surface area contributed by atoms with Crippen molar-refractivity contribution < 1.29 is 14.3 Å². The molecular weight excluding hydrogens is 268 g/mol. The molecule has 5 heteroatoms. The van der Waals surface area contributed by atoms with Crippen LogP contribution in [0.25, 0.3) is 0 Å². The Kier molecular flexibility index (Phi) is 5.04. The second kappa shape index (κ2) is 7.19. The summed E-state index contributed by atoms with van der Waals surface area (Å²) in [5.74, 6) is -0.876. The van der Waals surface area contributed by atoms with Gasteiger partial charge in [0.25, 0.3) is 5.91 Å². The number of ether oxygens (including phenoxy) is 1. The van der Waals surface area contributed by atoms with Gasteiger partial charge in [-0.25, -0.2) is 4.79 Å². The summed E-state index contributed by atoms with van der Waals surface area (Å²) in [6.45, 7) is 1.79. The highest BCUT2D eigenvalue weighted by Gasteiger charge is 2.21. The van der Waals surface area contributed by atoms with Gasteiger partial charge in [0.05, 0.1) is 5.56 Å². The van der Waals surface area contributed by atoms with Gasteiger partial charge in [-0.1, -0.05) is 25.1 Å². The first kappa shape index (κ1) is 14.7. The molecule has 1 aromatic carbocycles. The Hall–Kier alpha value is -2.69. The number of hydrogen-bond acceptors (Lipinski definition) is 4. The summed E-state index contributed by atoms with van der Waals surface area (Å²) in [7, 11) is 0. The van der Waals surface area contributed by atoms with E-state index in [2.05, 4.69) is 10.3 Å². The second-order valence-electron chi connectivity index (χ2n) is 4.39. The molecule has 0 aliphatic heterocycles. The van der Waals surface area contributed by atoms with Gasteiger partial charge in [-0.3, -0.25) is 9.78 Å². The van der Waals surface area contributed by atoms with Crippen molar-refractivity contribution in [2.45, 2.75) is 19.4 Å². The number of para-hydroxylation sites is 1. The van der Waals surface area contributed by atoms with Crippen LogP contribution in [0.5, 0.6) is 0 Å². The van der Waals surface area contributed by atoms with E-state index in [1.165, 1.54) is 12.4 Å². The number of benzene rings is 1. The average Bonchev–Trinajstić information content (AvgIpc) is 2.54. The number of aromatic nitrogens is 1. The molecule has 0 radical (unpaired) electrons. The number of rotatable bonds is 5. The van der Waals surface area contributed by atoms with Crippen LogP contribution in [0, 0.1) is 0 Å². The molecule has 2 aromatic rings. The Morgan fingerprint density at radius 1 is 1.14 bits per heavy atom. The van der Waals surface area contributed by atoms with Gasteiger partial charge in [0.2, 0.25) is 0 Å². The highest BCUT2D eigenvalue weighted by Crippen LogP contribution is 2.10. The van der Waals surface area contributed by atoms with E-state index in [0.29, 0.717) is 17.7 Å². The summed E-state index contributed by atoms with van der Waals surface area (Å²) in [5.41, 5.74) is 1.04. The maximum absolute atomic E-state index is 12.1. The number of amides is 1. The van der Waals surface area contributed by atoms with Gasteiger partial charge in [0.1, 0.15) is 0 Å². The number of nitrogens with one attached hydrogen (secondary N) is 1. The van der Waals surface area contributed by atoms with E-state index in [1.54, 1.807) is 31.2 Å². The maximum Gasteiger partial charge on any atom is 0.339 e. The molecule has 0 aliphatic rings. The van der Waals surface area contributed by atoms with E-state index >= 15 is 0 Å². The molecule has 1 N–H and O–H groups in total. The number of pyridine rings is 1. The molecule has 0 aliphatic carbocycles. The molecule has 0 bridgehead atoms. The lowest BCUT2D eigenvalue weighted by molar-refractivity contribution is -0.124. The number of esters is 1. The van der Waals surface area contributed by atoms with Gasteiger partial charge in [0.15, 0.2) is 6.10 Å². The molecular formula is C16H16N2O3. The Bertz CT molecular complexity index is 599. The minimum atomic E-state index is -0.828. The average molecular weight is 284 g/mol. The van der Waals surface area contributed by atoms with E-state index < -0.39 is 12.1 Å². The fourth-order valence-corrected chi connectivity index (χ4v) is 1.75. The van der Waals surface area contributed by atoms with E-state index in [4.69, 9.17) is 4.74 Å². The second-order valence-corrected chi connectivity index (χ2v) is 4.39. The molecule has 0 saturated carbocycles. The fraction of sp³-hybridized carbons (Fsp3) is 0.188. The fourth-order valence-electron chi connectivity index (χ4n) is 1.75. The molecule has 2 rings (SSSR count). The molecule has 1 aromatic heterocycles. The van der Waals surface area contributed by atoms with Crippen molar-refractivity contribution in [3.8, 4) is 0 Å². The largest absolute Gasteiger partial charge is 0.449 e. The molecule has 0 spiro atoms. The van der Waals surface area contributed by atoms with Crippen molar-refractivity contribution in [3.05, 3.63) is 60.4 Å². The van der Waals surface area contributed by atoms with Crippen molar-refractivity contribution in [3.63, 3.8) is 0 Å².